The molecule has 0 aliphatic carbocycles. The van der Waals surface area contributed by atoms with Crippen molar-refractivity contribution in [3.8, 4) is 0 Å². The number of esters is 1. The van der Waals surface area contributed by atoms with Gasteiger partial charge >= 0.3 is 5.97 Å². The van der Waals surface area contributed by atoms with Gasteiger partial charge in [-0.1, -0.05) is 36.8 Å². The van der Waals surface area contributed by atoms with Crippen LogP contribution in [0.2, 0.25) is 0 Å². The zero-order valence-electron chi connectivity index (χ0n) is 18.4. The Morgan fingerprint density at radius 1 is 1.09 bits per heavy atom. The molecule has 0 fully saturated rings. The van der Waals surface area contributed by atoms with Crippen LogP contribution >= 0.6 is 11.3 Å². The van der Waals surface area contributed by atoms with E-state index in [2.05, 4.69) is 10.1 Å². The van der Waals surface area contributed by atoms with E-state index >= 15 is 0 Å². The van der Waals surface area contributed by atoms with E-state index in [9.17, 15) is 14.4 Å². The van der Waals surface area contributed by atoms with E-state index in [0.29, 0.717) is 40.2 Å². The molecule has 2 aliphatic heterocycles. The van der Waals surface area contributed by atoms with Crippen molar-refractivity contribution in [3.05, 3.63) is 62.5 Å². The molecule has 3 aromatic rings. The van der Waals surface area contributed by atoms with Gasteiger partial charge in [0.25, 0.3) is 11.5 Å². The Labute approximate surface area is 194 Å². The molecule has 0 atom stereocenters. The molecule has 0 radical (unpaired) electrons. The average molecular weight is 465 g/mol. The smallest absolute Gasteiger partial charge is 0.349 e. The number of aromatic nitrogens is 2. The fraction of sp³-hybridized carbons (Fsp3) is 0.375. The molecule has 1 amide bonds. The molecule has 1 aromatic carbocycles. The van der Waals surface area contributed by atoms with Crippen molar-refractivity contribution >= 4 is 39.1 Å². The van der Waals surface area contributed by atoms with E-state index in [1.807, 2.05) is 30.3 Å². The molecule has 0 saturated heterocycles. The van der Waals surface area contributed by atoms with Crippen LogP contribution in [0.5, 0.6) is 0 Å². The van der Waals surface area contributed by atoms with Crippen molar-refractivity contribution < 1.29 is 14.3 Å². The number of nitrogens with zero attached hydrogens (tertiary/aromatic N) is 4. The maximum Gasteiger partial charge on any atom is 0.349 e. The maximum absolute atomic E-state index is 13.1. The first-order chi connectivity index (χ1) is 16.0. The van der Waals surface area contributed by atoms with Gasteiger partial charge in [-0.25, -0.2) is 14.8 Å². The van der Waals surface area contributed by atoms with Gasteiger partial charge in [0.15, 0.2) is 6.61 Å². The van der Waals surface area contributed by atoms with E-state index in [0.717, 1.165) is 54.1 Å². The molecule has 2 aliphatic rings. The Hall–Kier alpha value is -3.33. The molecule has 8 nitrogen and oxygen atoms in total. The molecule has 33 heavy (non-hydrogen) atoms. The van der Waals surface area contributed by atoms with Crippen LogP contribution in [-0.4, -0.2) is 45.3 Å². The van der Waals surface area contributed by atoms with Crippen molar-refractivity contribution in [2.75, 3.05) is 13.2 Å². The standard InChI is InChI=1S/C24H24N4O4S/c1-15-20-22(25-18-10-6-3-7-12-27(18)23(20)30)33-21(15)24(31)32-14-19(29)28-13-11-17(26-28)16-8-4-2-5-9-16/h2,4-5,8-9H,3,6-7,10-14H2,1H3. The summed E-state index contributed by atoms with van der Waals surface area (Å²) in [6.07, 6.45) is 4.45. The largest absolute Gasteiger partial charge is 0.451 e. The third kappa shape index (κ3) is 4.08. The first-order valence-corrected chi connectivity index (χ1v) is 12.0. The quantitative estimate of drug-likeness (QED) is 0.553. The van der Waals surface area contributed by atoms with Crippen LogP contribution in [0.3, 0.4) is 0 Å². The molecule has 0 unspecified atom stereocenters. The number of carbonyl (C=O) groups is 2. The lowest BCUT2D eigenvalue weighted by Gasteiger charge is -2.11. The Bertz CT molecular complexity index is 1330. The number of amides is 1. The first-order valence-electron chi connectivity index (χ1n) is 11.2. The summed E-state index contributed by atoms with van der Waals surface area (Å²) in [6.45, 7) is 2.44. The number of thiophene rings is 1. The van der Waals surface area contributed by atoms with E-state index < -0.39 is 12.6 Å². The van der Waals surface area contributed by atoms with Gasteiger partial charge in [-0.3, -0.25) is 14.2 Å². The van der Waals surface area contributed by atoms with Crippen LogP contribution in [0.1, 0.15) is 52.3 Å². The number of ether oxygens (including phenoxy) is 1. The van der Waals surface area contributed by atoms with Crippen LogP contribution in [0.4, 0.5) is 0 Å². The van der Waals surface area contributed by atoms with Gasteiger partial charge < -0.3 is 4.74 Å². The lowest BCUT2D eigenvalue weighted by Crippen LogP contribution is -2.28. The number of hydrogen-bond acceptors (Lipinski definition) is 7. The zero-order chi connectivity index (χ0) is 22.9. The van der Waals surface area contributed by atoms with Crippen LogP contribution in [0.25, 0.3) is 10.2 Å². The van der Waals surface area contributed by atoms with Crippen molar-refractivity contribution in [2.24, 2.45) is 5.10 Å². The molecule has 4 heterocycles. The number of benzene rings is 1. The number of aryl methyl sites for hydroxylation is 2. The zero-order valence-corrected chi connectivity index (χ0v) is 19.2. The van der Waals surface area contributed by atoms with Gasteiger partial charge in [0.2, 0.25) is 0 Å². The van der Waals surface area contributed by atoms with E-state index in [1.54, 1.807) is 11.5 Å². The van der Waals surface area contributed by atoms with Crippen LogP contribution < -0.4 is 5.56 Å². The summed E-state index contributed by atoms with van der Waals surface area (Å²) in [5.41, 5.74) is 2.28. The molecule has 0 N–H and O–H groups in total. The molecule has 5 rings (SSSR count). The van der Waals surface area contributed by atoms with Gasteiger partial charge in [-0.2, -0.15) is 5.10 Å². The third-order valence-electron chi connectivity index (χ3n) is 6.12. The van der Waals surface area contributed by atoms with E-state index in [4.69, 9.17) is 4.74 Å². The van der Waals surface area contributed by atoms with Gasteiger partial charge in [0.1, 0.15) is 15.5 Å². The second-order valence-corrected chi connectivity index (χ2v) is 9.29. The van der Waals surface area contributed by atoms with Crippen LogP contribution in [-0.2, 0) is 22.5 Å². The number of rotatable bonds is 4. The minimum Gasteiger partial charge on any atom is -0.451 e. The van der Waals surface area contributed by atoms with Gasteiger partial charge in [0, 0.05) is 19.4 Å². The number of hydrazone groups is 1. The summed E-state index contributed by atoms with van der Waals surface area (Å²) in [6, 6.07) is 9.69. The second-order valence-electron chi connectivity index (χ2n) is 8.29. The Morgan fingerprint density at radius 3 is 2.73 bits per heavy atom. The highest BCUT2D eigenvalue weighted by atomic mass is 32.1. The minimum atomic E-state index is -0.616. The Kier molecular flexibility index (Phi) is 5.80. The molecule has 2 aromatic heterocycles. The Morgan fingerprint density at radius 2 is 1.91 bits per heavy atom. The van der Waals surface area contributed by atoms with E-state index in [1.165, 1.54) is 5.01 Å². The second kappa shape index (κ2) is 8.90. The summed E-state index contributed by atoms with van der Waals surface area (Å²) < 4.78 is 7.05. The first kappa shape index (κ1) is 21.5. The average Bonchev–Trinajstić information content (AvgIpc) is 3.37. The molecule has 170 valence electrons. The number of fused-ring (bicyclic) bond motifs is 2. The van der Waals surface area contributed by atoms with Gasteiger partial charge in [-0.15, -0.1) is 11.3 Å². The highest BCUT2D eigenvalue weighted by Crippen LogP contribution is 2.29. The summed E-state index contributed by atoms with van der Waals surface area (Å²) in [5.74, 6) is -0.213. The molecular weight excluding hydrogens is 440 g/mol. The molecule has 0 bridgehead atoms. The van der Waals surface area contributed by atoms with E-state index in [-0.39, 0.29) is 11.5 Å². The van der Waals surface area contributed by atoms with Crippen molar-refractivity contribution in [2.45, 2.75) is 45.6 Å². The predicted octanol–water partition coefficient (Wildman–Crippen LogP) is 3.29. The van der Waals surface area contributed by atoms with Crippen molar-refractivity contribution in [1.29, 1.82) is 0 Å². The minimum absolute atomic E-state index is 0.0966. The van der Waals surface area contributed by atoms with Gasteiger partial charge in [0.05, 0.1) is 17.6 Å². The summed E-state index contributed by atoms with van der Waals surface area (Å²) in [4.78, 5) is 44.0. The third-order valence-corrected chi connectivity index (χ3v) is 7.29. The lowest BCUT2D eigenvalue weighted by atomic mass is 10.1. The number of hydrogen-bond donors (Lipinski definition) is 0. The topological polar surface area (TPSA) is 93.9 Å². The Balaban J connectivity index is 1.31. The van der Waals surface area contributed by atoms with Crippen molar-refractivity contribution in [3.63, 3.8) is 0 Å². The summed E-state index contributed by atoms with van der Waals surface area (Å²) in [5, 5.41) is 6.20. The molecule has 9 heteroatoms. The normalized spacial score (nSPS) is 15.8. The molecular formula is C24H24N4O4S. The number of carbonyl (C=O) groups excluding carboxylic acids is 2. The highest BCUT2D eigenvalue weighted by molar-refractivity contribution is 7.20. The summed E-state index contributed by atoms with van der Waals surface area (Å²) in [7, 11) is 0. The summed E-state index contributed by atoms with van der Waals surface area (Å²) >= 11 is 1.16. The highest BCUT2D eigenvalue weighted by Gasteiger charge is 2.26. The van der Waals surface area contributed by atoms with Crippen LogP contribution in [0.15, 0.2) is 40.2 Å². The maximum atomic E-state index is 13.1. The van der Waals surface area contributed by atoms with Crippen molar-refractivity contribution in [1.82, 2.24) is 14.6 Å². The predicted molar refractivity (Wildman–Crippen MR) is 126 cm³/mol. The molecule has 0 spiro atoms. The fourth-order valence-electron chi connectivity index (χ4n) is 4.34. The van der Waals surface area contributed by atoms with Gasteiger partial charge in [-0.05, 0) is 30.9 Å². The lowest BCUT2D eigenvalue weighted by molar-refractivity contribution is -0.134. The monoisotopic (exact) mass is 464 g/mol. The van der Waals surface area contributed by atoms with Crippen LogP contribution in [0, 0.1) is 6.92 Å². The SMILES string of the molecule is Cc1c(C(=O)OCC(=O)N2CCC(c3ccccc3)=N2)sc2nc3n(c(=O)c12)CCCCC3. The molecule has 0 saturated carbocycles. The fourth-order valence-corrected chi connectivity index (χ4v) is 5.43.